The van der Waals surface area contributed by atoms with Gasteiger partial charge in [-0.1, -0.05) is 42.5 Å². The highest BCUT2D eigenvalue weighted by Crippen LogP contribution is 2.59. The van der Waals surface area contributed by atoms with Crippen LogP contribution >= 0.6 is 0 Å². The zero-order valence-electron chi connectivity index (χ0n) is 20.0. The van der Waals surface area contributed by atoms with Gasteiger partial charge < -0.3 is 15.2 Å². The lowest BCUT2D eigenvalue weighted by Gasteiger charge is -2.21. The molecule has 0 radical (unpaired) electrons. The number of nitrogens with one attached hydrogen (secondary N) is 2. The topological polar surface area (TPSA) is 114 Å². The monoisotopic (exact) mass is 482 g/mol. The summed E-state index contributed by atoms with van der Waals surface area (Å²) >= 11 is 0. The van der Waals surface area contributed by atoms with Crippen LogP contribution in [0.3, 0.4) is 0 Å². The number of carbonyl (C=O) groups is 1. The number of anilines is 1. The van der Waals surface area contributed by atoms with E-state index in [-0.39, 0.29) is 11.4 Å². The number of nitrogens with zero attached hydrogens (tertiary/aromatic N) is 4. The van der Waals surface area contributed by atoms with Gasteiger partial charge in [0.1, 0.15) is 11.5 Å². The third kappa shape index (κ3) is 3.51. The summed E-state index contributed by atoms with van der Waals surface area (Å²) in [6.07, 6.45) is 4.48. The molecule has 3 N–H and O–H groups in total. The normalized spacial score (nSPS) is 19.1. The molecule has 1 saturated carbocycles. The number of hydrogen-bond donors (Lipinski definition) is 3. The first-order valence-corrected chi connectivity index (χ1v) is 11.9. The van der Waals surface area contributed by atoms with Crippen molar-refractivity contribution >= 4 is 11.8 Å². The van der Waals surface area contributed by atoms with Crippen LogP contribution in [0.1, 0.15) is 35.6 Å². The Morgan fingerprint density at radius 3 is 2.47 bits per heavy atom. The second-order valence-electron chi connectivity index (χ2n) is 9.29. The molecule has 6 rings (SSSR count). The largest absolute Gasteiger partial charge is 0.467 e. The molecule has 2 atom stereocenters. The second kappa shape index (κ2) is 8.46. The van der Waals surface area contributed by atoms with Crippen LogP contribution in [-0.2, 0) is 5.41 Å². The van der Waals surface area contributed by atoms with E-state index in [0.29, 0.717) is 17.1 Å². The Kier molecular flexibility index (Phi) is 5.22. The lowest BCUT2D eigenvalue weighted by Crippen LogP contribution is -2.39. The summed E-state index contributed by atoms with van der Waals surface area (Å²) in [5.41, 5.74) is 4.76. The Bertz CT molecular complexity index is 1430. The van der Waals surface area contributed by atoms with Crippen molar-refractivity contribution in [2.24, 2.45) is 0 Å². The number of rotatable bonds is 5. The molecular weight excluding hydrogens is 456 g/mol. The highest BCUT2D eigenvalue weighted by Gasteiger charge is 2.59. The van der Waals surface area contributed by atoms with Gasteiger partial charge >= 0.3 is 12.0 Å². The molecule has 4 aromatic rings. The molecule has 0 bridgehead atoms. The molecule has 2 aromatic heterocycles. The Morgan fingerprint density at radius 2 is 1.78 bits per heavy atom. The molecule has 36 heavy (non-hydrogen) atoms. The predicted octanol–water partition coefficient (Wildman–Crippen LogP) is 3.92. The molecule has 0 saturated heterocycles. The van der Waals surface area contributed by atoms with Crippen LogP contribution in [-0.4, -0.2) is 44.1 Å². The van der Waals surface area contributed by atoms with E-state index in [1.165, 1.54) is 7.11 Å². The minimum absolute atomic E-state index is 0.238. The van der Waals surface area contributed by atoms with E-state index in [9.17, 15) is 9.90 Å². The molecule has 9 nitrogen and oxygen atoms in total. The summed E-state index contributed by atoms with van der Waals surface area (Å²) in [6, 6.07) is 16.9. The Balaban J connectivity index is 1.33. The number of para-hydroxylation sites is 1. The van der Waals surface area contributed by atoms with Crippen LogP contribution in [0.15, 0.2) is 67.0 Å². The number of ether oxygens (including phenoxy) is 1. The minimum Gasteiger partial charge on any atom is -0.467 e. The Hall–Kier alpha value is -4.24. The fourth-order valence-electron chi connectivity index (χ4n) is 5.23. The lowest BCUT2D eigenvalue weighted by atomic mass is 9.97. The fraction of sp³-hybridized carbons (Fsp3) is 0.259. The van der Waals surface area contributed by atoms with E-state index >= 15 is 0 Å². The molecule has 0 unspecified atom stereocenters. The summed E-state index contributed by atoms with van der Waals surface area (Å²) in [5.74, 6) is 0.520. The van der Waals surface area contributed by atoms with Crippen LogP contribution in [0, 0.1) is 6.92 Å². The molecule has 2 heterocycles. The highest BCUT2D eigenvalue weighted by molar-refractivity contribution is 5.91. The van der Waals surface area contributed by atoms with Crippen molar-refractivity contribution in [2.75, 3.05) is 12.4 Å². The van der Waals surface area contributed by atoms with Gasteiger partial charge in [-0.05, 0) is 43.0 Å². The van der Waals surface area contributed by atoms with Gasteiger partial charge in [0.05, 0.1) is 24.9 Å². The average Bonchev–Trinajstić information content (AvgIpc) is 3.62. The van der Waals surface area contributed by atoms with Gasteiger partial charge in [0.2, 0.25) is 0 Å². The summed E-state index contributed by atoms with van der Waals surface area (Å²) < 4.78 is 6.76. The van der Waals surface area contributed by atoms with E-state index in [1.54, 1.807) is 17.1 Å². The zero-order chi connectivity index (χ0) is 24.9. The number of benzene rings is 2. The van der Waals surface area contributed by atoms with Crippen LogP contribution in [0.5, 0.6) is 6.01 Å². The van der Waals surface area contributed by atoms with Crippen LogP contribution in [0.4, 0.5) is 10.6 Å². The molecule has 1 fully saturated rings. The van der Waals surface area contributed by atoms with Crippen LogP contribution in [0.2, 0.25) is 0 Å². The molecule has 2 aliphatic carbocycles. The maximum absolute atomic E-state index is 13.3. The lowest BCUT2D eigenvalue weighted by molar-refractivity contribution is 0.109. The molecule has 2 amide bonds. The van der Waals surface area contributed by atoms with E-state index < -0.39 is 18.2 Å². The standard InChI is InChI=1S/C27H26N6O3/c1-16-21(17-14-28-26(36-2)29-15-17)32-33(18-8-4-3-5-9-18)24(16)31-25(35)30-22-19-10-6-7-11-20(19)27(12-13-27)23(22)34/h3-11,14-15,22-23,34H,12-13H2,1-2H3,(H2,30,31,35)/t22-,23+/m1/s1. The van der Waals surface area contributed by atoms with Gasteiger partial charge in [0, 0.05) is 28.9 Å². The smallest absolute Gasteiger partial charge is 0.320 e. The van der Waals surface area contributed by atoms with E-state index in [1.807, 2.05) is 55.5 Å². The number of amides is 2. The first-order valence-electron chi connectivity index (χ1n) is 11.9. The number of aliphatic hydroxyl groups excluding tert-OH is 1. The van der Waals surface area contributed by atoms with Gasteiger partial charge in [-0.2, -0.15) is 5.10 Å². The van der Waals surface area contributed by atoms with Crippen molar-refractivity contribution in [1.82, 2.24) is 25.1 Å². The summed E-state index contributed by atoms with van der Waals surface area (Å²) in [6.45, 7) is 1.89. The Labute approximate surface area is 208 Å². The van der Waals surface area contributed by atoms with Crippen molar-refractivity contribution in [3.8, 4) is 23.0 Å². The number of fused-ring (bicyclic) bond motifs is 2. The van der Waals surface area contributed by atoms with Crippen molar-refractivity contribution in [2.45, 2.75) is 37.3 Å². The average molecular weight is 483 g/mol. The SMILES string of the molecule is COc1ncc(-c2nn(-c3ccccc3)c(NC(=O)N[C@@H]3c4ccccc4C4(CC4)[C@H]3O)c2C)cn1. The van der Waals surface area contributed by atoms with Crippen LogP contribution < -0.4 is 15.4 Å². The molecule has 1 spiro atoms. The fourth-order valence-corrected chi connectivity index (χ4v) is 5.23. The second-order valence-corrected chi connectivity index (χ2v) is 9.29. The number of methoxy groups -OCH3 is 1. The minimum atomic E-state index is -0.659. The highest BCUT2D eigenvalue weighted by atomic mass is 16.5. The summed E-state index contributed by atoms with van der Waals surface area (Å²) in [5, 5.41) is 21.9. The van der Waals surface area contributed by atoms with Crippen molar-refractivity contribution < 1.29 is 14.6 Å². The number of aromatic nitrogens is 4. The first-order chi connectivity index (χ1) is 17.5. The maximum atomic E-state index is 13.3. The Morgan fingerprint density at radius 1 is 1.08 bits per heavy atom. The van der Waals surface area contributed by atoms with E-state index in [2.05, 4.69) is 26.7 Å². The van der Waals surface area contributed by atoms with Gasteiger partial charge in [-0.3, -0.25) is 5.32 Å². The number of aliphatic hydroxyl groups is 1. The molecule has 2 aromatic carbocycles. The number of hydrogen-bond acceptors (Lipinski definition) is 6. The van der Waals surface area contributed by atoms with Crippen molar-refractivity contribution in [3.05, 3.63) is 83.7 Å². The molecular formula is C27H26N6O3. The molecule has 182 valence electrons. The van der Waals surface area contributed by atoms with Gasteiger partial charge in [-0.15, -0.1) is 0 Å². The first kappa shape index (κ1) is 22.2. The van der Waals surface area contributed by atoms with Crippen LogP contribution in [0.25, 0.3) is 16.9 Å². The number of carbonyl (C=O) groups excluding carboxylic acids is 1. The third-order valence-electron chi connectivity index (χ3n) is 7.23. The van der Waals surface area contributed by atoms with Crippen molar-refractivity contribution in [3.63, 3.8) is 0 Å². The third-order valence-corrected chi connectivity index (χ3v) is 7.23. The van der Waals surface area contributed by atoms with E-state index in [0.717, 1.165) is 35.2 Å². The molecule has 9 heteroatoms. The van der Waals surface area contributed by atoms with Crippen molar-refractivity contribution in [1.29, 1.82) is 0 Å². The van der Waals surface area contributed by atoms with E-state index in [4.69, 9.17) is 9.84 Å². The zero-order valence-corrected chi connectivity index (χ0v) is 20.0. The molecule has 2 aliphatic rings. The number of urea groups is 1. The summed E-state index contributed by atoms with van der Waals surface area (Å²) in [4.78, 5) is 21.7. The quantitative estimate of drug-likeness (QED) is 0.397. The predicted molar refractivity (Wildman–Crippen MR) is 134 cm³/mol. The molecule has 0 aliphatic heterocycles. The summed E-state index contributed by atoms with van der Waals surface area (Å²) in [7, 11) is 1.51. The maximum Gasteiger partial charge on any atom is 0.320 e. The van der Waals surface area contributed by atoms with Gasteiger partial charge in [-0.25, -0.2) is 19.4 Å². The van der Waals surface area contributed by atoms with Gasteiger partial charge in [0.15, 0.2) is 0 Å². The van der Waals surface area contributed by atoms with Gasteiger partial charge in [0.25, 0.3) is 0 Å².